The van der Waals surface area contributed by atoms with Crippen LogP contribution in [-0.2, 0) is 4.79 Å². The number of thiazole rings is 1. The van der Waals surface area contributed by atoms with Gasteiger partial charge in [-0.15, -0.1) is 11.3 Å². The first-order chi connectivity index (χ1) is 13.0. The summed E-state index contributed by atoms with van der Waals surface area (Å²) in [6.45, 7) is 1.70. The van der Waals surface area contributed by atoms with Crippen LogP contribution in [0.2, 0.25) is 0 Å². The van der Waals surface area contributed by atoms with Gasteiger partial charge in [-0.25, -0.2) is 4.98 Å². The monoisotopic (exact) mass is 443 g/mol. The third kappa shape index (κ3) is 3.72. The second kappa shape index (κ2) is 7.13. The summed E-state index contributed by atoms with van der Waals surface area (Å²) in [4.78, 5) is 28.6. The molecule has 6 nitrogen and oxygen atoms in total. The minimum atomic E-state index is -0.511. The third-order valence-electron chi connectivity index (χ3n) is 4.04. The smallest absolute Gasteiger partial charge is 0.265 e. The van der Waals surface area contributed by atoms with Crippen molar-refractivity contribution in [2.75, 3.05) is 10.6 Å². The van der Waals surface area contributed by atoms with Gasteiger partial charge in [0.15, 0.2) is 11.2 Å². The van der Waals surface area contributed by atoms with Gasteiger partial charge in [0, 0.05) is 21.0 Å². The molecule has 0 aliphatic carbocycles. The molecule has 27 heavy (non-hydrogen) atoms. The van der Waals surface area contributed by atoms with E-state index in [4.69, 9.17) is 4.74 Å². The van der Waals surface area contributed by atoms with E-state index < -0.39 is 6.10 Å². The number of rotatable bonds is 3. The summed E-state index contributed by atoms with van der Waals surface area (Å²) in [6, 6.07) is 12.6. The highest BCUT2D eigenvalue weighted by Gasteiger charge is 2.24. The van der Waals surface area contributed by atoms with Crippen molar-refractivity contribution in [1.29, 1.82) is 0 Å². The van der Waals surface area contributed by atoms with E-state index in [1.54, 1.807) is 25.1 Å². The first-order valence-electron chi connectivity index (χ1n) is 8.14. The van der Waals surface area contributed by atoms with E-state index in [0.29, 0.717) is 27.8 Å². The van der Waals surface area contributed by atoms with Crippen molar-refractivity contribution in [3.63, 3.8) is 0 Å². The third-order valence-corrected chi connectivity index (χ3v) is 5.32. The Hall–Kier alpha value is -2.71. The molecule has 1 atom stereocenters. The van der Waals surface area contributed by atoms with Gasteiger partial charge in [0.05, 0.1) is 11.4 Å². The Morgan fingerprint density at radius 1 is 1.26 bits per heavy atom. The number of benzene rings is 2. The largest absolute Gasteiger partial charge is 0.479 e. The second-order valence-electron chi connectivity index (χ2n) is 5.96. The highest BCUT2D eigenvalue weighted by Crippen LogP contribution is 2.35. The lowest BCUT2D eigenvalue weighted by Gasteiger charge is -2.23. The van der Waals surface area contributed by atoms with E-state index in [1.165, 1.54) is 11.3 Å². The zero-order valence-electron chi connectivity index (χ0n) is 14.2. The van der Waals surface area contributed by atoms with E-state index in [-0.39, 0.29) is 11.8 Å². The minimum absolute atomic E-state index is 0.180. The van der Waals surface area contributed by atoms with Crippen LogP contribution >= 0.6 is 27.3 Å². The molecule has 0 radical (unpaired) electrons. The Labute approximate surface area is 167 Å². The molecule has 0 fully saturated rings. The van der Waals surface area contributed by atoms with E-state index in [9.17, 15) is 9.59 Å². The molecular formula is C19H14BrN3O3S. The lowest BCUT2D eigenvalue weighted by Crippen LogP contribution is -2.34. The highest BCUT2D eigenvalue weighted by molar-refractivity contribution is 9.10. The maximum absolute atomic E-state index is 12.3. The summed E-state index contributed by atoms with van der Waals surface area (Å²) in [5, 5.41) is 7.98. The van der Waals surface area contributed by atoms with Crippen LogP contribution in [0, 0.1) is 0 Å². The molecule has 1 aliphatic rings. The van der Waals surface area contributed by atoms with Gasteiger partial charge in [-0.3, -0.25) is 14.9 Å². The Kier molecular flexibility index (Phi) is 4.67. The SMILES string of the molecule is C[C@@H]1Oc2ccc(-c3csc(NC(=O)c4ccc(Br)cc4)n3)cc2NC1=O. The maximum atomic E-state index is 12.3. The molecule has 0 unspecified atom stereocenters. The van der Waals surface area contributed by atoms with Crippen LogP contribution in [0.25, 0.3) is 11.3 Å². The molecule has 2 N–H and O–H groups in total. The van der Waals surface area contributed by atoms with Gasteiger partial charge in [0.1, 0.15) is 5.75 Å². The van der Waals surface area contributed by atoms with E-state index in [1.807, 2.05) is 29.6 Å². The van der Waals surface area contributed by atoms with Crippen molar-refractivity contribution in [2.24, 2.45) is 0 Å². The van der Waals surface area contributed by atoms with Gasteiger partial charge in [-0.2, -0.15) is 0 Å². The number of ether oxygens (including phenoxy) is 1. The molecule has 2 amide bonds. The molecular weight excluding hydrogens is 430 g/mol. The molecule has 0 saturated carbocycles. The summed E-state index contributed by atoms with van der Waals surface area (Å²) in [6.07, 6.45) is -0.511. The molecule has 0 bridgehead atoms. The molecule has 136 valence electrons. The fourth-order valence-electron chi connectivity index (χ4n) is 2.60. The van der Waals surface area contributed by atoms with Gasteiger partial charge in [-0.05, 0) is 49.4 Å². The number of nitrogens with zero attached hydrogens (tertiary/aromatic N) is 1. The van der Waals surface area contributed by atoms with E-state index >= 15 is 0 Å². The molecule has 1 aliphatic heterocycles. The van der Waals surface area contributed by atoms with Crippen LogP contribution in [0.1, 0.15) is 17.3 Å². The van der Waals surface area contributed by atoms with Crippen LogP contribution in [0.5, 0.6) is 5.75 Å². The van der Waals surface area contributed by atoms with Crippen LogP contribution in [0.4, 0.5) is 10.8 Å². The van der Waals surface area contributed by atoms with Crippen molar-refractivity contribution in [3.05, 3.63) is 57.9 Å². The fourth-order valence-corrected chi connectivity index (χ4v) is 3.58. The van der Waals surface area contributed by atoms with Gasteiger partial charge in [0.2, 0.25) is 0 Å². The molecule has 2 heterocycles. The van der Waals surface area contributed by atoms with Gasteiger partial charge in [0.25, 0.3) is 11.8 Å². The van der Waals surface area contributed by atoms with E-state index in [2.05, 4.69) is 31.5 Å². The maximum Gasteiger partial charge on any atom is 0.265 e. The standard InChI is InChI=1S/C19H14BrN3O3S/c1-10-17(24)21-14-8-12(4-7-16(14)26-10)15-9-27-19(22-15)23-18(25)11-2-5-13(20)6-3-11/h2-10H,1H3,(H,21,24)(H,22,23,25)/t10-/m0/s1. The van der Waals surface area contributed by atoms with Gasteiger partial charge in [-0.1, -0.05) is 15.9 Å². The number of fused-ring (bicyclic) bond motifs is 1. The zero-order chi connectivity index (χ0) is 19.0. The van der Waals surface area contributed by atoms with E-state index in [0.717, 1.165) is 10.0 Å². The molecule has 2 aromatic carbocycles. The van der Waals surface area contributed by atoms with Crippen LogP contribution in [-0.4, -0.2) is 22.9 Å². The van der Waals surface area contributed by atoms with Gasteiger partial charge >= 0.3 is 0 Å². The Morgan fingerprint density at radius 3 is 2.81 bits per heavy atom. The number of carbonyl (C=O) groups is 2. The first kappa shape index (κ1) is 17.7. The lowest BCUT2D eigenvalue weighted by molar-refractivity contribution is -0.122. The van der Waals surface area contributed by atoms with Crippen molar-refractivity contribution in [2.45, 2.75) is 13.0 Å². The highest BCUT2D eigenvalue weighted by atomic mass is 79.9. The number of hydrogen-bond acceptors (Lipinski definition) is 5. The molecule has 4 rings (SSSR count). The normalized spacial score (nSPS) is 15.5. The number of anilines is 2. The number of aromatic nitrogens is 1. The van der Waals surface area contributed by atoms with Crippen LogP contribution < -0.4 is 15.4 Å². The number of carbonyl (C=O) groups excluding carboxylic acids is 2. The number of nitrogens with one attached hydrogen (secondary N) is 2. The predicted octanol–water partition coefficient (Wildman–Crippen LogP) is 4.54. The summed E-state index contributed by atoms with van der Waals surface area (Å²) in [5.74, 6) is 0.230. The van der Waals surface area contributed by atoms with Crippen molar-refractivity contribution < 1.29 is 14.3 Å². The van der Waals surface area contributed by atoms with Crippen molar-refractivity contribution in [1.82, 2.24) is 4.98 Å². The summed E-state index contributed by atoms with van der Waals surface area (Å²) in [5.41, 5.74) is 2.70. The summed E-state index contributed by atoms with van der Waals surface area (Å²) >= 11 is 4.68. The summed E-state index contributed by atoms with van der Waals surface area (Å²) in [7, 11) is 0. The molecule has 1 aromatic heterocycles. The molecule has 8 heteroatoms. The molecule has 0 spiro atoms. The number of hydrogen-bond donors (Lipinski definition) is 2. The quantitative estimate of drug-likeness (QED) is 0.622. The van der Waals surface area contributed by atoms with Crippen LogP contribution in [0.3, 0.4) is 0 Å². The summed E-state index contributed by atoms with van der Waals surface area (Å²) < 4.78 is 6.47. The second-order valence-corrected chi connectivity index (χ2v) is 7.73. The van der Waals surface area contributed by atoms with Crippen LogP contribution in [0.15, 0.2) is 52.3 Å². The zero-order valence-corrected chi connectivity index (χ0v) is 16.6. The Balaban J connectivity index is 1.53. The molecule has 0 saturated heterocycles. The van der Waals surface area contributed by atoms with Crippen molar-refractivity contribution >= 4 is 49.9 Å². The number of amides is 2. The first-order valence-corrected chi connectivity index (χ1v) is 9.81. The lowest BCUT2D eigenvalue weighted by atomic mass is 10.1. The minimum Gasteiger partial charge on any atom is -0.479 e. The fraction of sp³-hybridized carbons (Fsp3) is 0.105. The average molecular weight is 444 g/mol. The topological polar surface area (TPSA) is 80.3 Å². The number of halogens is 1. The van der Waals surface area contributed by atoms with Gasteiger partial charge < -0.3 is 10.1 Å². The average Bonchev–Trinajstić information content (AvgIpc) is 3.11. The Morgan fingerprint density at radius 2 is 2.04 bits per heavy atom. The predicted molar refractivity (Wildman–Crippen MR) is 108 cm³/mol. The van der Waals surface area contributed by atoms with Crippen molar-refractivity contribution in [3.8, 4) is 17.0 Å². The Bertz CT molecular complexity index is 1030. The molecule has 3 aromatic rings.